The van der Waals surface area contributed by atoms with Gasteiger partial charge in [-0.05, 0) is 42.0 Å². The first-order valence-electron chi connectivity index (χ1n) is 14.2. The maximum Gasteiger partial charge on any atom is 0.453 e. The molecule has 0 radical (unpaired) electrons. The first-order valence-corrected chi connectivity index (χ1v) is 14.2. The van der Waals surface area contributed by atoms with Gasteiger partial charge in [-0.2, -0.15) is 23.4 Å². The molecule has 6 rings (SSSR count). The molecule has 11 heteroatoms. The van der Waals surface area contributed by atoms with E-state index in [1.54, 1.807) is 12.1 Å². The molecule has 4 aromatic rings. The van der Waals surface area contributed by atoms with Gasteiger partial charge in [0, 0.05) is 30.9 Å². The van der Waals surface area contributed by atoms with Gasteiger partial charge in [-0.3, -0.25) is 9.36 Å². The second kappa shape index (κ2) is 11.0. The SMILES string of the molecule is CCCc1c(Cc2ccc(-c3ccccc3C#N)cc2)c(=O)n(C2CCC3(CC2)OCCO3)c2nc(C(F)(F)F)nn12. The Morgan fingerprint density at radius 3 is 2.40 bits per heavy atom. The summed E-state index contributed by atoms with van der Waals surface area (Å²) in [6, 6.07) is 16.7. The second-order valence-electron chi connectivity index (χ2n) is 10.9. The minimum Gasteiger partial charge on any atom is -0.348 e. The van der Waals surface area contributed by atoms with Crippen LogP contribution in [0.2, 0.25) is 0 Å². The number of fused-ring (bicyclic) bond motifs is 1. The summed E-state index contributed by atoms with van der Waals surface area (Å²) in [4.78, 5) is 18.1. The van der Waals surface area contributed by atoms with Crippen LogP contribution in [0.15, 0.2) is 53.3 Å². The number of rotatable bonds is 6. The van der Waals surface area contributed by atoms with Gasteiger partial charge in [-0.15, -0.1) is 5.10 Å². The number of benzene rings is 2. The van der Waals surface area contributed by atoms with Gasteiger partial charge in [-0.25, -0.2) is 4.52 Å². The molecule has 0 N–H and O–H groups in total. The van der Waals surface area contributed by atoms with E-state index in [-0.39, 0.29) is 23.8 Å². The van der Waals surface area contributed by atoms with Crippen molar-refractivity contribution in [2.24, 2.45) is 0 Å². The average Bonchev–Trinajstić information content (AvgIpc) is 3.64. The number of aromatic nitrogens is 4. The van der Waals surface area contributed by atoms with E-state index in [0.29, 0.717) is 68.6 Å². The third-order valence-electron chi connectivity index (χ3n) is 8.22. The van der Waals surface area contributed by atoms with Gasteiger partial charge >= 0.3 is 6.18 Å². The molecular formula is C31H30F3N5O3. The van der Waals surface area contributed by atoms with Crippen molar-refractivity contribution in [2.45, 2.75) is 69.9 Å². The Morgan fingerprint density at radius 1 is 1.07 bits per heavy atom. The summed E-state index contributed by atoms with van der Waals surface area (Å²) >= 11 is 0. The van der Waals surface area contributed by atoms with Gasteiger partial charge in [0.15, 0.2) is 5.79 Å². The van der Waals surface area contributed by atoms with Crippen LogP contribution in [0.3, 0.4) is 0 Å². The Balaban J connectivity index is 1.44. The van der Waals surface area contributed by atoms with Crippen molar-refractivity contribution in [1.82, 2.24) is 19.2 Å². The maximum atomic E-state index is 14.2. The zero-order valence-electron chi connectivity index (χ0n) is 23.2. The minimum absolute atomic E-state index is 0.0859. The molecule has 218 valence electrons. The molecule has 3 heterocycles. The molecule has 42 heavy (non-hydrogen) atoms. The molecule has 1 aliphatic heterocycles. The Labute approximate surface area is 240 Å². The second-order valence-corrected chi connectivity index (χ2v) is 10.9. The lowest BCUT2D eigenvalue weighted by Gasteiger charge is -2.36. The third kappa shape index (κ3) is 5.10. The number of hydrogen-bond acceptors (Lipinski definition) is 6. The molecular weight excluding hydrogens is 547 g/mol. The summed E-state index contributed by atoms with van der Waals surface area (Å²) in [5, 5.41) is 13.4. The molecule has 0 atom stereocenters. The predicted octanol–water partition coefficient (Wildman–Crippen LogP) is 5.85. The summed E-state index contributed by atoms with van der Waals surface area (Å²) in [5.74, 6) is -2.03. The van der Waals surface area contributed by atoms with Crippen molar-refractivity contribution in [2.75, 3.05) is 13.2 Å². The molecule has 1 saturated carbocycles. The number of halogens is 3. The summed E-state index contributed by atoms with van der Waals surface area (Å²) < 4.78 is 55.8. The van der Waals surface area contributed by atoms with E-state index in [9.17, 15) is 23.2 Å². The normalized spacial score (nSPS) is 17.2. The van der Waals surface area contributed by atoms with E-state index in [0.717, 1.165) is 16.7 Å². The number of ether oxygens (including phenoxy) is 2. The predicted molar refractivity (Wildman–Crippen MR) is 148 cm³/mol. The fraction of sp³-hybridized carbons (Fsp3) is 0.419. The van der Waals surface area contributed by atoms with Crippen LogP contribution >= 0.6 is 0 Å². The van der Waals surface area contributed by atoms with Crippen LogP contribution in [0.1, 0.15) is 73.3 Å². The Morgan fingerprint density at radius 2 is 1.76 bits per heavy atom. The molecule has 2 aromatic carbocycles. The van der Waals surface area contributed by atoms with Gasteiger partial charge in [0.25, 0.3) is 11.4 Å². The zero-order valence-corrected chi connectivity index (χ0v) is 23.2. The highest BCUT2D eigenvalue weighted by Crippen LogP contribution is 2.40. The monoisotopic (exact) mass is 577 g/mol. The smallest absolute Gasteiger partial charge is 0.348 e. The zero-order chi connectivity index (χ0) is 29.5. The minimum atomic E-state index is -4.76. The van der Waals surface area contributed by atoms with Crippen LogP contribution in [-0.4, -0.2) is 38.2 Å². The molecule has 1 aliphatic carbocycles. The quantitative estimate of drug-likeness (QED) is 0.285. The number of alkyl halides is 3. The first-order chi connectivity index (χ1) is 20.2. The number of nitriles is 1. The number of aryl methyl sites for hydroxylation is 1. The van der Waals surface area contributed by atoms with Gasteiger partial charge in [0.05, 0.1) is 30.5 Å². The van der Waals surface area contributed by atoms with Crippen LogP contribution in [-0.2, 0) is 28.5 Å². The maximum absolute atomic E-state index is 14.2. The topological polar surface area (TPSA) is 94.4 Å². The van der Waals surface area contributed by atoms with Crippen molar-refractivity contribution >= 4 is 5.78 Å². The molecule has 0 amide bonds. The van der Waals surface area contributed by atoms with Gasteiger partial charge in [-0.1, -0.05) is 55.8 Å². The van der Waals surface area contributed by atoms with Crippen LogP contribution in [0.4, 0.5) is 13.2 Å². The van der Waals surface area contributed by atoms with E-state index < -0.39 is 17.8 Å². The summed E-state index contributed by atoms with van der Waals surface area (Å²) in [6.07, 6.45) is -1.49. The highest BCUT2D eigenvalue weighted by Gasteiger charge is 2.42. The Kier molecular flexibility index (Phi) is 7.37. The summed E-state index contributed by atoms with van der Waals surface area (Å²) in [5.41, 5.74) is 3.52. The number of hydrogen-bond donors (Lipinski definition) is 0. The van der Waals surface area contributed by atoms with Crippen LogP contribution in [0.5, 0.6) is 0 Å². The molecule has 1 saturated heterocycles. The molecule has 0 bridgehead atoms. The van der Waals surface area contributed by atoms with Crippen LogP contribution < -0.4 is 5.56 Å². The fourth-order valence-electron chi connectivity index (χ4n) is 6.17. The lowest BCUT2D eigenvalue weighted by molar-refractivity contribution is -0.181. The molecule has 1 spiro atoms. The van der Waals surface area contributed by atoms with Crippen molar-refractivity contribution in [3.8, 4) is 17.2 Å². The first kappa shape index (κ1) is 28.1. The van der Waals surface area contributed by atoms with Crippen molar-refractivity contribution < 1.29 is 22.6 Å². The van der Waals surface area contributed by atoms with E-state index >= 15 is 0 Å². The fourth-order valence-corrected chi connectivity index (χ4v) is 6.17. The van der Waals surface area contributed by atoms with E-state index in [1.807, 2.05) is 43.3 Å². The molecule has 2 aliphatic rings. The lowest BCUT2D eigenvalue weighted by atomic mass is 9.89. The standard InChI is InChI=1S/C31H30F3N5O3/c1-2-5-26-25(18-20-8-10-21(11-9-20)24-7-4-3-6-22(24)19-35)27(40)38(29-36-28(31(32,33)34)37-39(26)29)23-12-14-30(15-13-23)41-16-17-42-30/h3-4,6-11,23H,2,5,12-18H2,1H3. The third-order valence-corrected chi connectivity index (χ3v) is 8.22. The molecule has 2 fully saturated rings. The van der Waals surface area contributed by atoms with Crippen LogP contribution in [0, 0.1) is 11.3 Å². The van der Waals surface area contributed by atoms with Crippen molar-refractivity contribution in [3.63, 3.8) is 0 Å². The van der Waals surface area contributed by atoms with Crippen molar-refractivity contribution in [1.29, 1.82) is 5.26 Å². The summed E-state index contributed by atoms with van der Waals surface area (Å²) in [7, 11) is 0. The van der Waals surface area contributed by atoms with E-state index in [2.05, 4.69) is 16.2 Å². The van der Waals surface area contributed by atoms with Crippen LogP contribution in [0.25, 0.3) is 16.9 Å². The highest BCUT2D eigenvalue weighted by molar-refractivity contribution is 5.70. The molecule has 8 nitrogen and oxygen atoms in total. The highest BCUT2D eigenvalue weighted by atomic mass is 19.4. The largest absolute Gasteiger partial charge is 0.453 e. The molecule has 2 aromatic heterocycles. The average molecular weight is 578 g/mol. The lowest BCUT2D eigenvalue weighted by Crippen LogP contribution is -2.39. The van der Waals surface area contributed by atoms with E-state index in [1.165, 1.54) is 9.08 Å². The number of nitrogens with zero attached hydrogens (tertiary/aromatic N) is 5. The Bertz CT molecular complexity index is 1700. The van der Waals surface area contributed by atoms with Gasteiger partial charge < -0.3 is 9.47 Å². The van der Waals surface area contributed by atoms with Gasteiger partial charge in [0.2, 0.25) is 5.78 Å². The molecule has 0 unspecified atom stereocenters. The van der Waals surface area contributed by atoms with E-state index in [4.69, 9.17) is 9.47 Å². The van der Waals surface area contributed by atoms with Gasteiger partial charge in [0.1, 0.15) is 0 Å². The summed E-state index contributed by atoms with van der Waals surface area (Å²) in [6.45, 7) is 2.92. The van der Waals surface area contributed by atoms with Crippen molar-refractivity contribution in [3.05, 3.63) is 87.1 Å². The Hall–Kier alpha value is -4.01.